The van der Waals surface area contributed by atoms with Gasteiger partial charge in [0.1, 0.15) is 0 Å². The zero-order chi connectivity index (χ0) is 11.4. The second kappa shape index (κ2) is 5.35. The lowest BCUT2D eigenvalue weighted by Crippen LogP contribution is -2.41. The lowest BCUT2D eigenvalue weighted by Gasteiger charge is -2.34. The fourth-order valence-electron chi connectivity index (χ4n) is 2.15. The van der Waals surface area contributed by atoms with Gasteiger partial charge in [-0.05, 0) is 25.8 Å². The van der Waals surface area contributed by atoms with Gasteiger partial charge in [0, 0.05) is 18.8 Å². The highest BCUT2D eigenvalue weighted by molar-refractivity contribution is 5.30. The van der Waals surface area contributed by atoms with Crippen LogP contribution in [0.15, 0.2) is 35.6 Å². The number of rotatable bonds is 2. The molecule has 1 aliphatic heterocycles. The molecule has 0 amide bonds. The van der Waals surface area contributed by atoms with E-state index in [4.69, 9.17) is 4.74 Å². The van der Waals surface area contributed by atoms with Crippen molar-refractivity contribution in [3.05, 3.63) is 35.6 Å². The number of allylic oxidation sites excluding steroid dienone is 5. The molecule has 2 aliphatic rings. The highest BCUT2D eigenvalue weighted by atomic mass is 16.5. The summed E-state index contributed by atoms with van der Waals surface area (Å²) in [6.45, 7) is 7.26. The second-order valence-corrected chi connectivity index (χ2v) is 4.49. The van der Waals surface area contributed by atoms with Crippen LogP contribution < -0.4 is 0 Å². The number of hydrogen-bond acceptors (Lipinski definition) is 2. The van der Waals surface area contributed by atoms with Crippen LogP contribution in [0.3, 0.4) is 0 Å². The van der Waals surface area contributed by atoms with Crippen LogP contribution in [-0.2, 0) is 4.74 Å². The molecule has 16 heavy (non-hydrogen) atoms. The first-order valence-electron chi connectivity index (χ1n) is 6.21. The Balaban J connectivity index is 2.02. The van der Waals surface area contributed by atoms with E-state index in [0.29, 0.717) is 6.10 Å². The smallest absolute Gasteiger partial charge is 0.0748 e. The van der Waals surface area contributed by atoms with Gasteiger partial charge < -0.3 is 9.64 Å². The van der Waals surface area contributed by atoms with E-state index >= 15 is 0 Å². The predicted octanol–water partition coefficient (Wildman–Crippen LogP) is 2.89. The molecule has 0 saturated carbocycles. The van der Waals surface area contributed by atoms with E-state index in [1.165, 1.54) is 11.3 Å². The largest absolute Gasteiger partial charge is 0.375 e. The van der Waals surface area contributed by atoms with Crippen molar-refractivity contribution in [2.24, 2.45) is 0 Å². The Hall–Kier alpha value is -1.02. The molecule has 1 aliphatic carbocycles. The van der Waals surface area contributed by atoms with Gasteiger partial charge in [0.05, 0.1) is 12.7 Å². The quantitative estimate of drug-likeness (QED) is 0.708. The summed E-state index contributed by atoms with van der Waals surface area (Å²) in [6.07, 6.45) is 11.6. The van der Waals surface area contributed by atoms with Crippen LogP contribution in [0.1, 0.15) is 26.7 Å². The van der Waals surface area contributed by atoms with Crippen molar-refractivity contribution >= 4 is 0 Å². The number of morpholine rings is 1. The van der Waals surface area contributed by atoms with Gasteiger partial charge in [-0.3, -0.25) is 0 Å². The fourth-order valence-corrected chi connectivity index (χ4v) is 2.15. The van der Waals surface area contributed by atoms with Crippen molar-refractivity contribution < 1.29 is 4.74 Å². The third kappa shape index (κ3) is 2.76. The monoisotopic (exact) mass is 219 g/mol. The normalized spacial score (nSPS) is 26.1. The molecule has 2 heteroatoms. The van der Waals surface area contributed by atoms with E-state index in [1.54, 1.807) is 0 Å². The minimum absolute atomic E-state index is 0.403. The van der Waals surface area contributed by atoms with E-state index in [2.05, 4.69) is 43.1 Å². The summed E-state index contributed by atoms with van der Waals surface area (Å²) in [6, 6.07) is 0. The van der Waals surface area contributed by atoms with Crippen molar-refractivity contribution in [1.29, 1.82) is 0 Å². The van der Waals surface area contributed by atoms with Crippen molar-refractivity contribution in [3.8, 4) is 0 Å². The first-order chi connectivity index (χ1) is 7.79. The molecule has 0 aromatic heterocycles. The van der Waals surface area contributed by atoms with Gasteiger partial charge in [0.25, 0.3) is 0 Å². The van der Waals surface area contributed by atoms with Crippen LogP contribution in [0.5, 0.6) is 0 Å². The maximum atomic E-state index is 5.69. The number of ether oxygens (including phenoxy) is 1. The Bertz CT molecular complexity index is 328. The number of hydrogen-bond donors (Lipinski definition) is 0. The third-order valence-electron chi connectivity index (χ3n) is 3.24. The molecule has 1 atom stereocenters. The third-order valence-corrected chi connectivity index (χ3v) is 3.24. The van der Waals surface area contributed by atoms with Crippen molar-refractivity contribution in [3.63, 3.8) is 0 Å². The Labute approximate surface area is 98.3 Å². The standard InChI is InChI=1S/C14H21NO/c1-3-14-11-15(9-10-16-14)13-6-4-5-12(2)7-8-13/h5-8,14H,3-4,9-11H2,1-2H3. The molecule has 2 nitrogen and oxygen atoms in total. The Morgan fingerprint density at radius 1 is 1.38 bits per heavy atom. The molecule has 0 spiro atoms. The first-order valence-corrected chi connectivity index (χ1v) is 6.21. The topological polar surface area (TPSA) is 12.5 Å². The summed E-state index contributed by atoms with van der Waals surface area (Å²) in [7, 11) is 0. The lowest BCUT2D eigenvalue weighted by molar-refractivity contribution is -0.0168. The molecule has 0 radical (unpaired) electrons. The summed E-state index contributed by atoms with van der Waals surface area (Å²) in [5, 5.41) is 0. The van der Waals surface area contributed by atoms with E-state index in [1.807, 2.05) is 0 Å². The molecular weight excluding hydrogens is 198 g/mol. The van der Waals surface area contributed by atoms with Crippen LogP contribution >= 0.6 is 0 Å². The van der Waals surface area contributed by atoms with E-state index in [-0.39, 0.29) is 0 Å². The van der Waals surface area contributed by atoms with Gasteiger partial charge in [0.15, 0.2) is 0 Å². The molecule has 0 aromatic carbocycles. The predicted molar refractivity (Wildman–Crippen MR) is 67.2 cm³/mol. The maximum Gasteiger partial charge on any atom is 0.0748 e. The molecule has 1 saturated heterocycles. The SMILES string of the molecule is CCC1CN(C2=CCC=C(C)C=C2)CCO1. The van der Waals surface area contributed by atoms with E-state index in [9.17, 15) is 0 Å². The minimum atomic E-state index is 0.403. The molecule has 1 unspecified atom stereocenters. The Morgan fingerprint density at radius 2 is 2.25 bits per heavy atom. The van der Waals surface area contributed by atoms with E-state index < -0.39 is 0 Å². The van der Waals surface area contributed by atoms with Gasteiger partial charge in [-0.1, -0.05) is 30.7 Å². The van der Waals surface area contributed by atoms with Gasteiger partial charge in [-0.25, -0.2) is 0 Å². The average Bonchev–Trinajstić information content (AvgIpc) is 2.54. The highest BCUT2D eigenvalue weighted by Gasteiger charge is 2.19. The van der Waals surface area contributed by atoms with Gasteiger partial charge in [-0.2, -0.15) is 0 Å². The fraction of sp³-hybridized carbons (Fsp3) is 0.571. The summed E-state index contributed by atoms with van der Waals surface area (Å²) in [5.41, 5.74) is 2.71. The molecule has 0 bridgehead atoms. The summed E-state index contributed by atoms with van der Waals surface area (Å²) in [5.74, 6) is 0. The van der Waals surface area contributed by atoms with Gasteiger partial charge >= 0.3 is 0 Å². The molecule has 88 valence electrons. The maximum absolute atomic E-state index is 5.69. The molecule has 1 heterocycles. The molecule has 1 fully saturated rings. The van der Waals surface area contributed by atoms with Crippen LogP contribution in [0.4, 0.5) is 0 Å². The first kappa shape index (κ1) is 11.5. The summed E-state index contributed by atoms with van der Waals surface area (Å²) >= 11 is 0. The van der Waals surface area contributed by atoms with Crippen LogP contribution in [0, 0.1) is 0 Å². The highest BCUT2D eigenvalue weighted by Crippen LogP contribution is 2.18. The van der Waals surface area contributed by atoms with Crippen LogP contribution in [-0.4, -0.2) is 30.7 Å². The van der Waals surface area contributed by atoms with Crippen molar-refractivity contribution in [1.82, 2.24) is 4.90 Å². The minimum Gasteiger partial charge on any atom is -0.375 e. The lowest BCUT2D eigenvalue weighted by atomic mass is 10.2. The zero-order valence-corrected chi connectivity index (χ0v) is 10.3. The summed E-state index contributed by atoms with van der Waals surface area (Å²) < 4.78 is 5.69. The Morgan fingerprint density at radius 3 is 3.06 bits per heavy atom. The van der Waals surface area contributed by atoms with Gasteiger partial charge in [0.2, 0.25) is 0 Å². The molecular formula is C14H21NO. The second-order valence-electron chi connectivity index (χ2n) is 4.49. The number of nitrogens with zero attached hydrogens (tertiary/aromatic N) is 1. The van der Waals surface area contributed by atoms with Crippen LogP contribution in [0.2, 0.25) is 0 Å². The zero-order valence-electron chi connectivity index (χ0n) is 10.3. The van der Waals surface area contributed by atoms with Gasteiger partial charge in [-0.15, -0.1) is 0 Å². The molecule has 2 rings (SSSR count). The average molecular weight is 219 g/mol. The van der Waals surface area contributed by atoms with Crippen molar-refractivity contribution in [2.45, 2.75) is 32.8 Å². The molecule has 0 N–H and O–H groups in total. The Kier molecular flexibility index (Phi) is 3.83. The van der Waals surface area contributed by atoms with Crippen LogP contribution in [0.25, 0.3) is 0 Å². The van der Waals surface area contributed by atoms with E-state index in [0.717, 1.165) is 32.5 Å². The molecule has 0 aromatic rings. The van der Waals surface area contributed by atoms with Crippen molar-refractivity contribution in [2.75, 3.05) is 19.7 Å². The summed E-state index contributed by atoms with van der Waals surface area (Å²) in [4.78, 5) is 2.45.